The van der Waals surface area contributed by atoms with Crippen LogP contribution >= 0.6 is 11.6 Å². The molecule has 0 aliphatic heterocycles. The maximum atomic E-state index is 12.0. The molecule has 0 unspecified atom stereocenters. The SMILES string of the molecule is COc1ccc(NC(=O)COc2ccc3c(c2)CCC3)cc1Cl. The van der Waals surface area contributed by atoms with Gasteiger partial charge in [0.2, 0.25) is 0 Å². The Labute approximate surface area is 140 Å². The van der Waals surface area contributed by atoms with Gasteiger partial charge in [0.1, 0.15) is 11.5 Å². The van der Waals surface area contributed by atoms with Crippen LogP contribution in [0, 0.1) is 0 Å². The molecule has 1 aliphatic carbocycles. The molecular formula is C18H18ClNO3. The van der Waals surface area contributed by atoms with Crippen molar-refractivity contribution in [2.75, 3.05) is 19.0 Å². The predicted octanol–water partition coefficient (Wildman–Crippen LogP) is 3.85. The zero-order valence-electron chi connectivity index (χ0n) is 12.9. The molecule has 2 aromatic rings. The number of anilines is 1. The van der Waals surface area contributed by atoms with Gasteiger partial charge in [-0.3, -0.25) is 4.79 Å². The minimum Gasteiger partial charge on any atom is -0.495 e. The topological polar surface area (TPSA) is 47.6 Å². The number of nitrogens with one attached hydrogen (secondary N) is 1. The minimum absolute atomic E-state index is 0.0393. The number of carbonyl (C=O) groups is 1. The molecule has 120 valence electrons. The van der Waals surface area contributed by atoms with Crippen LogP contribution in [0.4, 0.5) is 5.69 Å². The number of aryl methyl sites for hydroxylation is 2. The van der Waals surface area contributed by atoms with E-state index in [0.29, 0.717) is 16.5 Å². The number of rotatable bonds is 5. The van der Waals surface area contributed by atoms with Gasteiger partial charge in [0.15, 0.2) is 6.61 Å². The second-order valence-electron chi connectivity index (χ2n) is 5.47. The largest absolute Gasteiger partial charge is 0.495 e. The van der Waals surface area contributed by atoms with Gasteiger partial charge in [0.25, 0.3) is 5.91 Å². The number of hydrogen-bond acceptors (Lipinski definition) is 3. The van der Waals surface area contributed by atoms with Gasteiger partial charge in [0.05, 0.1) is 12.1 Å². The molecule has 0 atom stereocenters. The Morgan fingerprint density at radius 2 is 2.00 bits per heavy atom. The fraction of sp³-hybridized carbons (Fsp3) is 0.278. The molecule has 1 amide bonds. The van der Waals surface area contributed by atoms with Gasteiger partial charge in [0, 0.05) is 5.69 Å². The van der Waals surface area contributed by atoms with E-state index in [0.717, 1.165) is 18.6 Å². The molecule has 0 heterocycles. The lowest BCUT2D eigenvalue weighted by Gasteiger charge is -2.10. The first-order chi connectivity index (χ1) is 11.2. The predicted molar refractivity (Wildman–Crippen MR) is 90.6 cm³/mol. The van der Waals surface area contributed by atoms with E-state index < -0.39 is 0 Å². The van der Waals surface area contributed by atoms with E-state index in [4.69, 9.17) is 21.1 Å². The van der Waals surface area contributed by atoms with Crippen molar-refractivity contribution < 1.29 is 14.3 Å². The molecule has 23 heavy (non-hydrogen) atoms. The van der Waals surface area contributed by atoms with Crippen LogP contribution < -0.4 is 14.8 Å². The average Bonchev–Trinajstić information content (AvgIpc) is 3.01. The van der Waals surface area contributed by atoms with Crippen LogP contribution in [0.5, 0.6) is 11.5 Å². The van der Waals surface area contributed by atoms with E-state index >= 15 is 0 Å². The van der Waals surface area contributed by atoms with Gasteiger partial charge in [-0.15, -0.1) is 0 Å². The number of amides is 1. The summed E-state index contributed by atoms with van der Waals surface area (Å²) < 4.78 is 10.6. The van der Waals surface area contributed by atoms with E-state index in [1.54, 1.807) is 25.3 Å². The van der Waals surface area contributed by atoms with Crippen LogP contribution in [0.1, 0.15) is 17.5 Å². The summed E-state index contributed by atoms with van der Waals surface area (Å²) in [5.41, 5.74) is 3.32. The second-order valence-corrected chi connectivity index (χ2v) is 5.88. The standard InChI is InChI=1S/C18H18ClNO3/c1-22-17-8-6-14(10-16(17)19)20-18(21)11-23-15-7-5-12-3-2-4-13(12)9-15/h5-10H,2-4,11H2,1H3,(H,20,21). The molecule has 1 aliphatic rings. The molecule has 5 heteroatoms. The van der Waals surface area contributed by atoms with Crippen LogP contribution in [0.2, 0.25) is 5.02 Å². The summed E-state index contributed by atoms with van der Waals surface area (Å²) >= 11 is 6.03. The summed E-state index contributed by atoms with van der Waals surface area (Å²) in [6, 6.07) is 11.1. The number of hydrogen-bond donors (Lipinski definition) is 1. The zero-order chi connectivity index (χ0) is 16.2. The maximum absolute atomic E-state index is 12.0. The maximum Gasteiger partial charge on any atom is 0.262 e. The van der Waals surface area contributed by atoms with Crippen molar-refractivity contribution in [2.45, 2.75) is 19.3 Å². The molecule has 0 saturated heterocycles. The summed E-state index contributed by atoms with van der Waals surface area (Å²) in [4.78, 5) is 12.0. The molecule has 3 rings (SSSR count). The van der Waals surface area contributed by atoms with Gasteiger partial charge in [-0.05, 0) is 60.7 Å². The van der Waals surface area contributed by atoms with Crippen molar-refractivity contribution in [3.05, 3.63) is 52.5 Å². The Morgan fingerprint density at radius 3 is 2.78 bits per heavy atom. The van der Waals surface area contributed by atoms with Crippen LogP contribution in [0.3, 0.4) is 0 Å². The highest BCUT2D eigenvalue weighted by Gasteiger charge is 2.12. The van der Waals surface area contributed by atoms with Gasteiger partial charge >= 0.3 is 0 Å². The van der Waals surface area contributed by atoms with Crippen molar-refractivity contribution in [1.29, 1.82) is 0 Å². The molecule has 1 N–H and O–H groups in total. The summed E-state index contributed by atoms with van der Waals surface area (Å²) in [7, 11) is 1.55. The van der Waals surface area contributed by atoms with Crippen LogP contribution in [0.25, 0.3) is 0 Å². The van der Waals surface area contributed by atoms with E-state index in [1.165, 1.54) is 17.5 Å². The molecule has 0 bridgehead atoms. The first-order valence-electron chi connectivity index (χ1n) is 7.54. The highest BCUT2D eigenvalue weighted by molar-refractivity contribution is 6.32. The van der Waals surface area contributed by atoms with Gasteiger partial charge in [-0.1, -0.05) is 17.7 Å². The fourth-order valence-electron chi connectivity index (χ4n) is 2.73. The number of ether oxygens (including phenoxy) is 2. The monoisotopic (exact) mass is 331 g/mol. The van der Waals surface area contributed by atoms with E-state index in [-0.39, 0.29) is 12.5 Å². The quantitative estimate of drug-likeness (QED) is 0.905. The fourth-order valence-corrected chi connectivity index (χ4v) is 2.99. The second kappa shape index (κ2) is 6.92. The van der Waals surface area contributed by atoms with Gasteiger partial charge in [-0.2, -0.15) is 0 Å². The third-order valence-corrected chi connectivity index (χ3v) is 4.17. The summed E-state index contributed by atoms with van der Waals surface area (Å²) in [6.07, 6.45) is 3.41. The number of halogens is 1. The van der Waals surface area contributed by atoms with Crippen molar-refractivity contribution in [1.82, 2.24) is 0 Å². The third-order valence-electron chi connectivity index (χ3n) is 3.88. The number of carbonyl (C=O) groups excluding carboxylic acids is 1. The van der Waals surface area contributed by atoms with Crippen LogP contribution in [-0.2, 0) is 17.6 Å². The summed E-state index contributed by atoms with van der Waals surface area (Å²) in [6.45, 7) is -0.0393. The van der Waals surface area contributed by atoms with Crippen molar-refractivity contribution >= 4 is 23.2 Å². The van der Waals surface area contributed by atoms with Crippen LogP contribution in [0.15, 0.2) is 36.4 Å². The normalized spacial score (nSPS) is 12.6. The lowest BCUT2D eigenvalue weighted by atomic mass is 10.1. The number of methoxy groups -OCH3 is 1. The van der Waals surface area contributed by atoms with E-state index in [9.17, 15) is 4.79 Å². The Balaban J connectivity index is 1.56. The molecule has 0 aromatic heterocycles. The highest BCUT2D eigenvalue weighted by Crippen LogP contribution is 2.28. The molecule has 4 nitrogen and oxygen atoms in total. The Kier molecular flexibility index (Phi) is 4.72. The van der Waals surface area contributed by atoms with Crippen molar-refractivity contribution in [3.8, 4) is 11.5 Å². The average molecular weight is 332 g/mol. The Morgan fingerprint density at radius 1 is 1.17 bits per heavy atom. The van der Waals surface area contributed by atoms with Gasteiger partial charge < -0.3 is 14.8 Å². The first-order valence-corrected chi connectivity index (χ1v) is 7.91. The number of fused-ring (bicyclic) bond motifs is 1. The van der Waals surface area contributed by atoms with Crippen LogP contribution in [-0.4, -0.2) is 19.6 Å². The smallest absolute Gasteiger partial charge is 0.262 e. The Hall–Kier alpha value is -2.20. The molecule has 2 aromatic carbocycles. The zero-order valence-corrected chi connectivity index (χ0v) is 13.7. The van der Waals surface area contributed by atoms with E-state index in [1.807, 2.05) is 12.1 Å². The summed E-state index contributed by atoms with van der Waals surface area (Å²) in [5, 5.41) is 3.20. The molecule has 0 spiro atoms. The first kappa shape index (κ1) is 15.7. The van der Waals surface area contributed by atoms with Gasteiger partial charge in [-0.25, -0.2) is 0 Å². The third kappa shape index (κ3) is 3.77. The van der Waals surface area contributed by atoms with E-state index in [2.05, 4.69) is 11.4 Å². The lowest BCUT2D eigenvalue weighted by molar-refractivity contribution is -0.118. The molecule has 0 saturated carbocycles. The minimum atomic E-state index is -0.230. The molecule has 0 fully saturated rings. The van der Waals surface area contributed by atoms with Crippen molar-refractivity contribution in [2.24, 2.45) is 0 Å². The lowest BCUT2D eigenvalue weighted by Crippen LogP contribution is -2.20. The summed E-state index contributed by atoms with van der Waals surface area (Å²) in [5.74, 6) is 1.07. The number of benzene rings is 2. The highest BCUT2D eigenvalue weighted by atomic mass is 35.5. The van der Waals surface area contributed by atoms with Crippen molar-refractivity contribution in [3.63, 3.8) is 0 Å². The Bertz CT molecular complexity index is 730. The molecular weight excluding hydrogens is 314 g/mol. The molecule has 0 radical (unpaired) electrons.